The molecule has 27 heavy (non-hydrogen) atoms. The van der Waals surface area contributed by atoms with E-state index < -0.39 is 0 Å². The van der Waals surface area contributed by atoms with Crippen LogP contribution in [0.3, 0.4) is 0 Å². The fraction of sp³-hybridized carbons (Fsp3) is 0.409. The van der Waals surface area contributed by atoms with Crippen molar-refractivity contribution in [2.45, 2.75) is 38.5 Å². The van der Waals surface area contributed by atoms with Gasteiger partial charge in [0.15, 0.2) is 0 Å². The van der Waals surface area contributed by atoms with Crippen molar-refractivity contribution in [1.82, 2.24) is 5.32 Å². The van der Waals surface area contributed by atoms with Gasteiger partial charge in [0.1, 0.15) is 12.4 Å². The molecule has 2 aromatic carbocycles. The van der Waals surface area contributed by atoms with Crippen LogP contribution in [0.1, 0.15) is 30.4 Å². The van der Waals surface area contributed by atoms with Crippen LogP contribution in [-0.4, -0.2) is 11.9 Å². The topological polar surface area (TPSA) is 64.4 Å². The van der Waals surface area contributed by atoms with Gasteiger partial charge in [-0.1, -0.05) is 48.5 Å². The monoisotopic (exact) mass is 386 g/mol. The number of benzene rings is 2. The summed E-state index contributed by atoms with van der Waals surface area (Å²) in [7, 11) is 0. The Hall–Kier alpha value is -2.04. The van der Waals surface area contributed by atoms with E-state index in [4.69, 9.17) is 10.5 Å². The zero-order valence-electron chi connectivity index (χ0n) is 15.3. The molecule has 5 heteroatoms. The summed E-state index contributed by atoms with van der Waals surface area (Å²) < 4.78 is 5.98. The summed E-state index contributed by atoms with van der Waals surface area (Å²) in [6.07, 6.45) is 3.45. The summed E-state index contributed by atoms with van der Waals surface area (Å²) in [6.45, 7) is 0.994. The second-order valence-electron chi connectivity index (χ2n) is 7.54. The van der Waals surface area contributed by atoms with Crippen LogP contribution in [0.2, 0.25) is 0 Å². The Balaban J connectivity index is 0.00000210. The Morgan fingerprint density at radius 2 is 1.74 bits per heavy atom. The third-order valence-electron chi connectivity index (χ3n) is 5.95. The van der Waals surface area contributed by atoms with E-state index in [1.165, 1.54) is 6.42 Å². The van der Waals surface area contributed by atoms with Gasteiger partial charge in [-0.2, -0.15) is 0 Å². The summed E-state index contributed by atoms with van der Waals surface area (Å²) in [4.78, 5) is 12.7. The van der Waals surface area contributed by atoms with Crippen molar-refractivity contribution in [2.24, 2.45) is 23.5 Å². The van der Waals surface area contributed by atoms with Gasteiger partial charge < -0.3 is 15.8 Å². The van der Waals surface area contributed by atoms with Crippen molar-refractivity contribution < 1.29 is 9.53 Å². The molecule has 4 rings (SSSR count). The number of hydrogen-bond donors (Lipinski definition) is 2. The van der Waals surface area contributed by atoms with Crippen molar-refractivity contribution in [3.05, 3.63) is 65.7 Å². The fourth-order valence-electron chi connectivity index (χ4n) is 4.55. The molecule has 0 radical (unpaired) electrons. The summed E-state index contributed by atoms with van der Waals surface area (Å²) >= 11 is 0. The van der Waals surface area contributed by atoms with E-state index in [2.05, 4.69) is 5.32 Å². The van der Waals surface area contributed by atoms with Crippen molar-refractivity contribution in [2.75, 3.05) is 0 Å². The second kappa shape index (κ2) is 8.77. The highest BCUT2D eigenvalue weighted by Gasteiger charge is 2.48. The first-order valence-electron chi connectivity index (χ1n) is 9.50. The zero-order chi connectivity index (χ0) is 17.9. The SMILES string of the molecule is Cl.NC1C2CCC(C2)C1C(=O)NCc1ccccc1OCc1ccccc1. The van der Waals surface area contributed by atoms with Gasteiger partial charge in [0, 0.05) is 18.2 Å². The smallest absolute Gasteiger partial charge is 0.225 e. The second-order valence-corrected chi connectivity index (χ2v) is 7.54. The number of para-hydroxylation sites is 1. The molecule has 2 aromatic rings. The van der Waals surface area contributed by atoms with E-state index in [1.54, 1.807) is 0 Å². The Labute approximate surface area is 166 Å². The molecule has 1 amide bonds. The number of rotatable bonds is 6. The van der Waals surface area contributed by atoms with Crippen LogP contribution in [0.4, 0.5) is 0 Å². The van der Waals surface area contributed by atoms with Crippen molar-refractivity contribution in [3.8, 4) is 5.75 Å². The Kier molecular flexibility index (Phi) is 6.40. The molecular weight excluding hydrogens is 360 g/mol. The Morgan fingerprint density at radius 3 is 2.48 bits per heavy atom. The molecule has 4 unspecified atom stereocenters. The highest BCUT2D eigenvalue weighted by atomic mass is 35.5. The molecule has 2 aliphatic carbocycles. The predicted molar refractivity (Wildman–Crippen MR) is 109 cm³/mol. The number of amides is 1. The molecule has 4 nitrogen and oxygen atoms in total. The molecule has 144 valence electrons. The van der Waals surface area contributed by atoms with E-state index in [0.717, 1.165) is 29.7 Å². The molecule has 4 atom stereocenters. The lowest BCUT2D eigenvalue weighted by molar-refractivity contribution is -0.127. The third kappa shape index (κ3) is 4.28. The maximum absolute atomic E-state index is 12.7. The van der Waals surface area contributed by atoms with Crippen LogP contribution in [-0.2, 0) is 17.9 Å². The average molecular weight is 387 g/mol. The number of nitrogens with one attached hydrogen (secondary N) is 1. The van der Waals surface area contributed by atoms with Crippen molar-refractivity contribution in [3.63, 3.8) is 0 Å². The van der Waals surface area contributed by atoms with Crippen LogP contribution < -0.4 is 15.8 Å². The van der Waals surface area contributed by atoms with Crippen LogP contribution in [0, 0.1) is 17.8 Å². The van der Waals surface area contributed by atoms with E-state index in [1.807, 2.05) is 54.6 Å². The Morgan fingerprint density at radius 1 is 1.04 bits per heavy atom. The number of carbonyl (C=O) groups is 1. The van der Waals surface area contributed by atoms with Gasteiger partial charge in [-0.05, 0) is 42.7 Å². The first kappa shape index (κ1) is 19.7. The van der Waals surface area contributed by atoms with Crippen LogP contribution in [0.25, 0.3) is 0 Å². The van der Waals surface area contributed by atoms with Crippen LogP contribution >= 0.6 is 12.4 Å². The van der Waals surface area contributed by atoms with Crippen LogP contribution in [0.5, 0.6) is 5.75 Å². The van der Waals surface area contributed by atoms with Gasteiger partial charge in [-0.15, -0.1) is 12.4 Å². The van der Waals surface area contributed by atoms with E-state index in [-0.39, 0.29) is 30.3 Å². The molecule has 0 aromatic heterocycles. The minimum absolute atomic E-state index is 0. The number of halogens is 1. The lowest BCUT2D eigenvalue weighted by Gasteiger charge is -2.27. The lowest BCUT2D eigenvalue weighted by Crippen LogP contribution is -2.45. The molecule has 0 aliphatic heterocycles. The quantitative estimate of drug-likeness (QED) is 0.796. The standard InChI is InChI=1S/C22H26N2O2.ClH/c23-21-17-11-10-16(12-17)20(21)22(25)24-13-18-8-4-5-9-19(18)26-14-15-6-2-1-3-7-15;/h1-9,16-17,20-21H,10-14,23H2,(H,24,25);1H. The van der Waals surface area contributed by atoms with Gasteiger partial charge >= 0.3 is 0 Å². The highest BCUT2D eigenvalue weighted by molar-refractivity contribution is 5.85. The summed E-state index contributed by atoms with van der Waals surface area (Å²) in [5.74, 6) is 1.90. The molecular formula is C22H27ClN2O2. The predicted octanol–water partition coefficient (Wildman–Crippen LogP) is 3.68. The first-order valence-corrected chi connectivity index (χ1v) is 9.50. The third-order valence-corrected chi connectivity index (χ3v) is 5.95. The highest BCUT2D eigenvalue weighted by Crippen LogP contribution is 2.47. The largest absolute Gasteiger partial charge is 0.489 e. The van der Waals surface area contributed by atoms with E-state index in [9.17, 15) is 4.79 Å². The molecule has 2 aliphatic rings. The van der Waals surface area contributed by atoms with Crippen molar-refractivity contribution in [1.29, 1.82) is 0 Å². The normalized spacial score (nSPS) is 25.7. The van der Waals surface area contributed by atoms with Gasteiger partial charge in [-0.3, -0.25) is 4.79 Å². The number of hydrogen-bond acceptors (Lipinski definition) is 3. The van der Waals surface area contributed by atoms with Gasteiger partial charge in [0.2, 0.25) is 5.91 Å². The maximum Gasteiger partial charge on any atom is 0.225 e. The zero-order valence-corrected chi connectivity index (χ0v) is 16.2. The maximum atomic E-state index is 12.7. The van der Waals surface area contributed by atoms with Gasteiger partial charge in [-0.25, -0.2) is 0 Å². The first-order chi connectivity index (χ1) is 12.7. The molecule has 0 heterocycles. The van der Waals surface area contributed by atoms with Crippen LogP contribution in [0.15, 0.2) is 54.6 Å². The van der Waals surface area contributed by atoms with E-state index >= 15 is 0 Å². The average Bonchev–Trinajstić information content (AvgIpc) is 3.27. The summed E-state index contributed by atoms with van der Waals surface area (Å²) in [5.41, 5.74) is 8.41. The minimum atomic E-state index is -0.0221. The summed E-state index contributed by atoms with van der Waals surface area (Å²) in [5, 5.41) is 3.10. The molecule has 0 saturated heterocycles. The summed E-state index contributed by atoms with van der Waals surface area (Å²) in [6, 6.07) is 18.0. The number of fused-ring (bicyclic) bond motifs is 2. The van der Waals surface area contributed by atoms with Gasteiger partial charge in [0.05, 0.1) is 5.92 Å². The number of nitrogens with two attached hydrogens (primary N) is 1. The number of carbonyl (C=O) groups excluding carboxylic acids is 1. The Bertz CT molecular complexity index is 766. The fourth-order valence-corrected chi connectivity index (χ4v) is 4.55. The molecule has 2 fully saturated rings. The lowest BCUT2D eigenvalue weighted by atomic mass is 9.84. The molecule has 3 N–H and O–H groups in total. The number of ether oxygens (including phenoxy) is 1. The molecule has 2 saturated carbocycles. The van der Waals surface area contributed by atoms with E-state index in [0.29, 0.717) is 25.0 Å². The minimum Gasteiger partial charge on any atom is -0.489 e. The van der Waals surface area contributed by atoms with Crippen molar-refractivity contribution >= 4 is 18.3 Å². The molecule has 2 bridgehead atoms. The van der Waals surface area contributed by atoms with Gasteiger partial charge in [0.25, 0.3) is 0 Å². The molecule has 0 spiro atoms.